The Hall–Kier alpha value is -2.20. The fourth-order valence-corrected chi connectivity index (χ4v) is 2.56. The largest absolute Gasteiger partial charge is 0.493 e. The quantitative estimate of drug-likeness (QED) is 0.858. The Labute approximate surface area is 128 Å². The lowest BCUT2D eigenvalue weighted by Gasteiger charge is -2.27. The highest BCUT2D eigenvalue weighted by molar-refractivity contribution is 6.30. The number of hydrogen-bond acceptors (Lipinski definition) is 4. The molecule has 1 aliphatic rings. The van der Waals surface area contributed by atoms with Gasteiger partial charge in [0.25, 0.3) is 0 Å². The second-order valence-electron chi connectivity index (χ2n) is 4.64. The molecule has 1 aliphatic heterocycles. The van der Waals surface area contributed by atoms with Crippen LogP contribution in [0, 0.1) is 0 Å². The molecule has 0 bridgehead atoms. The highest BCUT2D eigenvalue weighted by atomic mass is 35.5. The normalized spacial score (nSPS) is 13.0. The van der Waals surface area contributed by atoms with Crippen LogP contribution in [0.2, 0.25) is 5.02 Å². The molecule has 0 spiro atoms. The van der Waals surface area contributed by atoms with Crippen molar-refractivity contribution < 1.29 is 9.47 Å². The summed E-state index contributed by atoms with van der Waals surface area (Å²) in [4.78, 5) is 6.39. The third kappa shape index (κ3) is 2.54. The van der Waals surface area contributed by atoms with Crippen LogP contribution >= 0.6 is 11.6 Å². The summed E-state index contributed by atoms with van der Waals surface area (Å²) >= 11 is 6.08. The summed E-state index contributed by atoms with van der Waals surface area (Å²) in [6.07, 6.45) is 1.81. The van der Waals surface area contributed by atoms with E-state index in [0.717, 1.165) is 16.9 Å². The van der Waals surface area contributed by atoms with Gasteiger partial charge < -0.3 is 14.4 Å². The second-order valence-corrected chi connectivity index (χ2v) is 5.08. The van der Waals surface area contributed by atoms with E-state index in [1.54, 1.807) is 20.6 Å². The first-order valence-corrected chi connectivity index (χ1v) is 6.90. The summed E-state index contributed by atoms with van der Waals surface area (Å²) in [6, 6.07) is 11.6. The Kier molecular flexibility index (Phi) is 3.71. The standard InChI is InChI=1S/C16H15ClN2O2/c1-20-15-6-11-9-18-10-19(14(11)8-16(15)21-2)13-5-3-4-12(17)7-13/h3-8,10H,9H2,1-2H3. The first-order valence-electron chi connectivity index (χ1n) is 6.52. The first kappa shape index (κ1) is 13.8. The van der Waals surface area contributed by atoms with Crippen LogP contribution in [0.15, 0.2) is 41.4 Å². The van der Waals surface area contributed by atoms with Crippen molar-refractivity contribution in [3.05, 3.63) is 47.0 Å². The van der Waals surface area contributed by atoms with Crippen LogP contribution in [0.4, 0.5) is 11.4 Å². The van der Waals surface area contributed by atoms with Crippen molar-refractivity contribution in [1.29, 1.82) is 0 Å². The smallest absolute Gasteiger partial charge is 0.162 e. The van der Waals surface area contributed by atoms with Gasteiger partial charge in [-0.3, -0.25) is 4.99 Å². The minimum atomic E-state index is 0.618. The van der Waals surface area contributed by atoms with Crippen molar-refractivity contribution in [1.82, 2.24) is 0 Å². The SMILES string of the molecule is COc1cc2c(cc1OC)N(c1cccc(Cl)c1)C=NC2. The third-order valence-electron chi connectivity index (χ3n) is 3.39. The van der Waals surface area contributed by atoms with E-state index in [2.05, 4.69) is 4.99 Å². The number of ether oxygens (including phenoxy) is 2. The Morgan fingerprint density at radius 3 is 2.57 bits per heavy atom. The molecule has 0 radical (unpaired) electrons. The van der Waals surface area contributed by atoms with Crippen molar-refractivity contribution in [3.8, 4) is 11.5 Å². The van der Waals surface area contributed by atoms with Crippen LogP contribution in [0.5, 0.6) is 11.5 Å². The Morgan fingerprint density at radius 2 is 1.86 bits per heavy atom. The van der Waals surface area contributed by atoms with E-state index in [0.29, 0.717) is 23.1 Å². The third-order valence-corrected chi connectivity index (χ3v) is 3.62. The van der Waals surface area contributed by atoms with Crippen molar-refractivity contribution in [3.63, 3.8) is 0 Å². The van der Waals surface area contributed by atoms with Crippen LogP contribution in [-0.2, 0) is 6.54 Å². The van der Waals surface area contributed by atoms with E-state index >= 15 is 0 Å². The molecule has 0 fully saturated rings. The van der Waals surface area contributed by atoms with Gasteiger partial charge in [-0.25, -0.2) is 0 Å². The molecular formula is C16H15ClN2O2. The fraction of sp³-hybridized carbons (Fsp3) is 0.188. The summed E-state index contributed by atoms with van der Waals surface area (Å²) in [6.45, 7) is 0.618. The summed E-state index contributed by atoms with van der Waals surface area (Å²) in [5.41, 5.74) is 3.06. The maximum atomic E-state index is 6.08. The minimum Gasteiger partial charge on any atom is -0.493 e. The first-order chi connectivity index (χ1) is 10.2. The predicted octanol–water partition coefficient (Wildman–Crippen LogP) is 4.04. The number of fused-ring (bicyclic) bond motifs is 1. The average molecular weight is 303 g/mol. The molecule has 2 aromatic rings. The van der Waals surface area contributed by atoms with Crippen LogP contribution in [0.3, 0.4) is 0 Å². The molecule has 1 heterocycles. The summed E-state index contributed by atoms with van der Waals surface area (Å²) in [5, 5.41) is 0.688. The van der Waals surface area contributed by atoms with Gasteiger partial charge in [-0.05, 0) is 24.3 Å². The average Bonchev–Trinajstić information content (AvgIpc) is 2.52. The maximum absolute atomic E-state index is 6.08. The molecule has 0 unspecified atom stereocenters. The van der Waals surface area contributed by atoms with E-state index in [9.17, 15) is 0 Å². The molecule has 0 amide bonds. The van der Waals surface area contributed by atoms with Crippen molar-refractivity contribution in [2.24, 2.45) is 4.99 Å². The lowest BCUT2D eigenvalue weighted by Crippen LogP contribution is -2.19. The van der Waals surface area contributed by atoms with Crippen LogP contribution < -0.4 is 14.4 Å². The van der Waals surface area contributed by atoms with Crippen molar-refractivity contribution in [2.75, 3.05) is 19.1 Å². The summed E-state index contributed by atoms with van der Waals surface area (Å²) in [5.74, 6) is 1.40. The zero-order chi connectivity index (χ0) is 14.8. The highest BCUT2D eigenvalue weighted by Gasteiger charge is 2.19. The van der Waals surface area contributed by atoms with Gasteiger partial charge in [0.1, 0.15) is 0 Å². The Morgan fingerprint density at radius 1 is 1.10 bits per heavy atom. The summed E-state index contributed by atoms with van der Waals surface area (Å²) in [7, 11) is 3.26. The van der Waals surface area contributed by atoms with Gasteiger partial charge in [0, 0.05) is 22.3 Å². The van der Waals surface area contributed by atoms with E-state index in [1.807, 2.05) is 41.3 Å². The molecule has 0 aromatic heterocycles. The molecule has 2 aromatic carbocycles. The lowest BCUT2D eigenvalue weighted by molar-refractivity contribution is 0.354. The zero-order valence-electron chi connectivity index (χ0n) is 11.8. The van der Waals surface area contributed by atoms with Gasteiger partial charge in [-0.1, -0.05) is 17.7 Å². The number of anilines is 2. The van der Waals surface area contributed by atoms with E-state index in [4.69, 9.17) is 21.1 Å². The predicted molar refractivity (Wildman–Crippen MR) is 85.3 cm³/mol. The van der Waals surface area contributed by atoms with Crippen LogP contribution in [0.25, 0.3) is 0 Å². The maximum Gasteiger partial charge on any atom is 0.162 e. The van der Waals surface area contributed by atoms with Crippen molar-refractivity contribution >= 4 is 29.3 Å². The van der Waals surface area contributed by atoms with Crippen molar-refractivity contribution in [2.45, 2.75) is 6.54 Å². The number of methoxy groups -OCH3 is 2. The Bertz CT molecular complexity index is 701. The molecule has 0 saturated carbocycles. The molecule has 0 aliphatic carbocycles. The van der Waals surface area contributed by atoms with Crippen LogP contribution in [-0.4, -0.2) is 20.6 Å². The van der Waals surface area contributed by atoms with Gasteiger partial charge in [0.05, 0.1) is 32.8 Å². The molecule has 3 rings (SSSR count). The van der Waals surface area contributed by atoms with Gasteiger partial charge in [-0.2, -0.15) is 0 Å². The van der Waals surface area contributed by atoms with E-state index in [1.165, 1.54) is 0 Å². The number of nitrogens with zero attached hydrogens (tertiary/aromatic N) is 2. The van der Waals surface area contributed by atoms with E-state index in [-0.39, 0.29) is 0 Å². The number of halogens is 1. The molecule has 0 N–H and O–H groups in total. The van der Waals surface area contributed by atoms with Gasteiger partial charge in [0.2, 0.25) is 0 Å². The number of benzene rings is 2. The van der Waals surface area contributed by atoms with Gasteiger partial charge in [-0.15, -0.1) is 0 Å². The lowest BCUT2D eigenvalue weighted by atomic mass is 10.1. The molecule has 21 heavy (non-hydrogen) atoms. The number of hydrogen-bond donors (Lipinski definition) is 0. The molecule has 108 valence electrons. The topological polar surface area (TPSA) is 34.1 Å². The van der Waals surface area contributed by atoms with Gasteiger partial charge >= 0.3 is 0 Å². The molecule has 0 atom stereocenters. The molecule has 4 nitrogen and oxygen atoms in total. The zero-order valence-corrected chi connectivity index (χ0v) is 12.6. The monoisotopic (exact) mass is 302 g/mol. The Balaban J connectivity index is 2.11. The summed E-state index contributed by atoms with van der Waals surface area (Å²) < 4.78 is 10.7. The number of rotatable bonds is 3. The van der Waals surface area contributed by atoms with E-state index < -0.39 is 0 Å². The van der Waals surface area contributed by atoms with Crippen LogP contribution in [0.1, 0.15) is 5.56 Å². The minimum absolute atomic E-state index is 0.618. The fourth-order valence-electron chi connectivity index (χ4n) is 2.38. The number of aliphatic imine (C=N–C) groups is 1. The molecule has 5 heteroatoms. The highest BCUT2D eigenvalue weighted by Crippen LogP contribution is 2.39. The molecule has 0 saturated heterocycles. The molecular weight excluding hydrogens is 288 g/mol. The second kappa shape index (κ2) is 5.66. The van der Waals surface area contributed by atoms with Gasteiger partial charge in [0.15, 0.2) is 11.5 Å².